The molecular weight excluding hydrogens is 426 g/mol. The molecule has 0 radical (unpaired) electrons. The standard InChI is InChI=1S/C25H29NO7/c1-7-13(2)20(26-24(30)33-25(4,5)6)23(29)31-15-11-17(27)19-18(12-15)32-22-14(3)9-8-10-16(22)21(19)28/h8-13,20,27H,7H2,1-6H3,(H,26,30)/t13-,20+/m1/s1. The molecule has 1 heterocycles. The molecule has 0 saturated heterocycles. The number of alkyl carbamates (subject to hydrolysis) is 1. The number of amides is 1. The van der Waals surface area contributed by atoms with Crippen LogP contribution in [0.1, 0.15) is 46.6 Å². The SMILES string of the molecule is CC[C@@H](C)[C@H](NC(=O)OC(C)(C)C)C(=O)Oc1cc(O)c2c(=O)c3cccc(C)c3oc2c1. The highest BCUT2D eigenvalue weighted by Crippen LogP contribution is 2.31. The summed E-state index contributed by atoms with van der Waals surface area (Å²) in [6, 6.07) is 6.75. The molecule has 2 aromatic carbocycles. The van der Waals surface area contributed by atoms with E-state index >= 15 is 0 Å². The van der Waals surface area contributed by atoms with Crippen LogP contribution in [-0.2, 0) is 9.53 Å². The summed E-state index contributed by atoms with van der Waals surface area (Å²) in [5.41, 5.74) is 0.129. The molecular formula is C25H29NO7. The first kappa shape index (κ1) is 24.1. The zero-order chi connectivity index (χ0) is 24.5. The van der Waals surface area contributed by atoms with Gasteiger partial charge in [-0.3, -0.25) is 4.79 Å². The fraction of sp³-hybridized carbons (Fsp3) is 0.400. The number of aromatic hydroxyl groups is 1. The molecule has 0 aliphatic heterocycles. The van der Waals surface area contributed by atoms with Crippen molar-refractivity contribution >= 4 is 34.0 Å². The van der Waals surface area contributed by atoms with Crippen LogP contribution in [0.15, 0.2) is 39.5 Å². The van der Waals surface area contributed by atoms with Gasteiger partial charge in [0.15, 0.2) is 0 Å². The minimum Gasteiger partial charge on any atom is -0.507 e. The lowest BCUT2D eigenvalue weighted by Gasteiger charge is -2.25. The molecule has 0 unspecified atom stereocenters. The van der Waals surface area contributed by atoms with Crippen molar-refractivity contribution in [2.45, 2.75) is 59.6 Å². The molecule has 1 amide bonds. The number of phenols is 1. The van der Waals surface area contributed by atoms with E-state index in [0.717, 1.165) is 5.56 Å². The highest BCUT2D eigenvalue weighted by atomic mass is 16.6. The summed E-state index contributed by atoms with van der Waals surface area (Å²) in [7, 11) is 0. The van der Waals surface area contributed by atoms with Gasteiger partial charge in [-0.25, -0.2) is 9.59 Å². The van der Waals surface area contributed by atoms with E-state index in [2.05, 4.69) is 5.32 Å². The zero-order valence-corrected chi connectivity index (χ0v) is 19.6. The summed E-state index contributed by atoms with van der Waals surface area (Å²) >= 11 is 0. The van der Waals surface area contributed by atoms with Gasteiger partial charge in [0.05, 0.1) is 5.39 Å². The Morgan fingerprint density at radius 1 is 1.21 bits per heavy atom. The molecule has 1 aromatic heterocycles. The van der Waals surface area contributed by atoms with Gasteiger partial charge in [-0.05, 0) is 45.2 Å². The van der Waals surface area contributed by atoms with E-state index in [1.165, 1.54) is 12.1 Å². The van der Waals surface area contributed by atoms with Crippen molar-refractivity contribution in [3.05, 3.63) is 46.1 Å². The Morgan fingerprint density at radius 3 is 2.55 bits per heavy atom. The molecule has 0 spiro atoms. The average molecular weight is 456 g/mol. The summed E-state index contributed by atoms with van der Waals surface area (Å²) in [5.74, 6) is -1.36. The largest absolute Gasteiger partial charge is 0.507 e. The van der Waals surface area contributed by atoms with E-state index in [4.69, 9.17) is 13.9 Å². The van der Waals surface area contributed by atoms with Gasteiger partial charge in [0.1, 0.15) is 39.7 Å². The van der Waals surface area contributed by atoms with Crippen molar-refractivity contribution in [3.8, 4) is 11.5 Å². The van der Waals surface area contributed by atoms with Crippen LogP contribution in [0, 0.1) is 12.8 Å². The van der Waals surface area contributed by atoms with Crippen molar-refractivity contribution in [2.75, 3.05) is 0 Å². The smallest absolute Gasteiger partial charge is 0.408 e. The van der Waals surface area contributed by atoms with Crippen LogP contribution in [0.5, 0.6) is 11.5 Å². The van der Waals surface area contributed by atoms with E-state index in [1.54, 1.807) is 52.8 Å². The lowest BCUT2D eigenvalue weighted by Crippen LogP contribution is -2.48. The predicted molar refractivity (Wildman–Crippen MR) is 125 cm³/mol. The lowest BCUT2D eigenvalue weighted by molar-refractivity contribution is -0.138. The molecule has 3 rings (SSSR count). The minimum absolute atomic E-state index is 0.00162. The van der Waals surface area contributed by atoms with Crippen LogP contribution < -0.4 is 15.5 Å². The zero-order valence-electron chi connectivity index (χ0n) is 19.6. The third-order valence-corrected chi connectivity index (χ3v) is 5.31. The Hall–Kier alpha value is -3.55. The average Bonchev–Trinajstić information content (AvgIpc) is 2.70. The van der Waals surface area contributed by atoms with E-state index < -0.39 is 23.7 Å². The summed E-state index contributed by atoms with van der Waals surface area (Å²) in [5, 5.41) is 13.4. The van der Waals surface area contributed by atoms with Gasteiger partial charge in [0.25, 0.3) is 0 Å². The molecule has 33 heavy (non-hydrogen) atoms. The second-order valence-electron chi connectivity index (χ2n) is 9.13. The van der Waals surface area contributed by atoms with Crippen molar-refractivity contribution in [2.24, 2.45) is 5.92 Å². The predicted octanol–water partition coefficient (Wildman–Crippen LogP) is 4.81. The van der Waals surface area contributed by atoms with Crippen LogP contribution in [0.3, 0.4) is 0 Å². The van der Waals surface area contributed by atoms with Gasteiger partial charge in [-0.2, -0.15) is 0 Å². The number of carbonyl (C=O) groups is 2. The molecule has 8 heteroatoms. The summed E-state index contributed by atoms with van der Waals surface area (Å²) < 4.78 is 16.6. The first-order valence-corrected chi connectivity index (χ1v) is 10.8. The van der Waals surface area contributed by atoms with Gasteiger partial charge >= 0.3 is 12.1 Å². The molecule has 3 aromatic rings. The van der Waals surface area contributed by atoms with E-state index in [1.807, 2.05) is 6.92 Å². The highest BCUT2D eigenvalue weighted by molar-refractivity contribution is 5.95. The first-order valence-electron chi connectivity index (χ1n) is 10.8. The second-order valence-corrected chi connectivity index (χ2v) is 9.13. The molecule has 0 saturated carbocycles. The molecule has 0 bridgehead atoms. The van der Waals surface area contributed by atoms with Crippen LogP contribution in [0.25, 0.3) is 21.9 Å². The van der Waals surface area contributed by atoms with Gasteiger partial charge in [0.2, 0.25) is 5.43 Å². The molecule has 2 atom stereocenters. The third kappa shape index (κ3) is 5.27. The number of esters is 1. The summed E-state index contributed by atoms with van der Waals surface area (Å²) in [6.07, 6.45) is -0.141. The third-order valence-electron chi connectivity index (χ3n) is 5.31. The first-order chi connectivity index (χ1) is 15.4. The topological polar surface area (TPSA) is 115 Å². The maximum atomic E-state index is 12.9. The molecule has 176 valence electrons. The molecule has 0 aliphatic rings. The fourth-order valence-corrected chi connectivity index (χ4v) is 3.44. The number of hydrogen-bond acceptors (Lipinski definition) is 7. The van der Waals surface area contributed by atoms with Crippen LogP contribution in [0.2, 0.25) is 0 Å². The monoisotopic (exact) mass is 455 g/mol. The number of rotatable bonds is 5. The number of fused-ring (bicyclic) bond motifs is 2. The number of aryl methyl sites for hydroxylation is 1. The number of nitrogens with one attached hydrogen (secondary N) is 1. The van der Waals surface area contributed by atoms with Gasteiger partial charge < -0.3 is 24.3 Å². The van der Waals surface area contributed by atoms with Crippen molar-refractivity contribution < 1.29 is 28.6 Å². The van der Waals surface area contributed by atoms with Gasteiger partial charge in [0, 0.05) is 12.1 Å². The van der Waals surface area contributed by atoms with Gasteiger partial charge in [-0.1, -0.05) is 32.4 Å². The quantitative estimate of drug-likeness (QED) is 0.322. The maximum Gasteiger partial charge on any atom is 0.408 e. The maximum absolute atomic E-state index is 12.9. The number of carbonyl (C=O) groups excluding carboxylic acids is 2. The molecule has 0 fully saturated rings. The van der Waals surface area contributed by atoms with Crippen molar-refractivity contribution in [3.63, 3.8) is 0 Å². The number of hydrogen-bond donors (Lipinski definition) is 2. The van der Waals surface area contributed by atoms with Crippen molar-refractivity contribution in [1.29, 1.82) is 0 Å². The lowest BCUT2D eigenvalue weighted by atomic mass is 9.99. The van der Waals surface area contributed by atoms with E-state index in [-0.39, 0.29) is 33.8 Å². The van der Waals surface area contributed by atoms with Crippen LogP contribution in [0.4, 0.5) is 4.79 Å². The Bertz CT molecular complexity index is 1270. The Balaban J connectivity index is 1.95. The summed E-state index contributed by atoms with van der Waals surface area (Å²) in [4.78, 5) is 38.0. The number of ether oxygens (including phenoxy) is 2. The number of phenolic OH excluding ortho intramolecular Hbond substituents is 1. The van der Waals surface area contributed by atoms with E-state index in [9.17, 15) is 19.5 Å². The normalized spacial score (nSPS) is 13.5. The Kier molecular flexibility index (Phi) is 6.67. The van der Waals surface area contributed by atoms with Crippen LogP contribution >= 0.6 is 0 Å². The van der Waals surface area contributed by atoms with Crippen molar-refractivity contribution in [1.82, 2.24) is 5.32 Å². The summed E-state index contributed by atoms with van der Waals surface area (Å²) in [6.45, 7) is 10.7. The minimum atomic E-state index is -0.978. The molecule has 8 nitrogen and oxygen atoms in total. The van der Waals surface area contributed by atoms with E-state index in [0.29, 0.717) is 17.4 Å². The second kappa shape index (κ2) is 9.13. The Morgan fingerprint density at radius 2 is 1.91 bits per heavy atom. The number of para-hydroxylation sites is 1. The molecule has 2 N–H and O–H groups in total. The fourth-order valence-electron chi connectivity index (χ4n) is 3.44. The van der Waals surface area contributed by atoms with Crippen LogP contribution in [-0.4, -0.2) is 28.8 Å². The highest BCUT2D eigenvalue weighted by Gasteiger charge is 2.30. The Labute approximate surface area is 191 Å². The number of benzene rings is 2. The molecule has 0 aliphatic carbocycles. The van der Waals surface area contributed by atoms with Gasteiger partial charge in [-0.15, -0.1) is 0 Å².